The van der Waals surface area contributed by atoms with Crippen molar-refractivity contribution in [2.24, 2.45) is 0 Å². The van der Waals surface area contributed by atoms with E-state index in [1.54, 1.807) is 11.9 Å². The summed E-state index contributed by atoms with van der Waals surface area (Å²) in [7, 11) is 1.63. The number of aliphatic hydroxyl groups is 1. The van der Waals surface area contributed by atoms with Crippen molar-refractivity contribution >= 4 is 11.4 Å². The standard InChI is InChI=1S/C14H14FN3O3/c1-17(12-6-7-16-8-13(12)18(20)21)9-14(19)10-2-4-11(15)5-3-10/h2-8,14,19H,9H2,1H3/t14-/m1/s1. The summed E-state index contributed by atoms with van der Waals surface area (Å²) in [5, 5.41) is 21.1. The van der Waals surface area contributed by atoms with Gasteiger partial charge in [-0.2, -0.15) is 0 Å². The molecule has 0 unspecified atom stereocenters. The van der Waals surface area contributed by atoms with E-state index >= 15 is 0 Å². The number of aliphatic hydroxyl groups excluding tert-OH is 1. The Morgan fingerprint density at radius 1 is 1.38 bits per heavy atom. The van der Waals surface area contributed by atoms with Crippen molar-refractivity contribution in [3.8, 4) is 0 Å². The van der Waals surface area contributed by atoms with Gasteiger partial charge in [-0.1, -0.05) is 12.1 Å². The number of pyridine rings is 1. The first kappa shape index (κ1) is 14.9. The number of halogens is 1. The second kappa shape index (κ2) is 6.27. The molecule has 0 fully saturated rings. The van der Waals surface area contributed by atoms with Crippen LogP contribution in [-0.2, 0) is 0 Å². The van der Waals surface area contributed by atoms with Gasteiger partial charge in [0.2, 0.25) is 0 Å². The number of rotatable bonds is 5. The van der Waals surface area contributed by atoms with Gasteiger partial charge < -0.3 is 10.0 Å². The quantitative estimate of drug-likeness (QED) is 0.675. The molecule has 0 saturated carbocycles. The minimum absolute atomic E-state index is 0.133. The van der Waals surface area contributed by atoms with Gasteiger partial charge in [0.1, 0.15) is 17.7 Å². The molecule has 0 saturated heterocycles. The molecule has 0 bridgehead atoms. The molecule has 0 amide bonds. The molecule has 0 aliphatic carbocycles. The topological polar surface area (TPSA) is 79.5 Å². The Labute approximate surface area is 120 Å². The number of hydrogen-bond donors (Lipinski definition) is 1. The predicted molar refractivity (Wildman–Crippen MR) is 75.5 cm³/mol. The van der Waals surface area contributed by atoms with Crippen LogP contribution < -0.4 is 4.90 Å². The van der Waals surface area contributed by atoms with E-state index in [2.05, 4.69) is 4.98 Å². The summed E-state index contributed by atoms with van der Waals surface area (Å²) in [5.41, 5.74) is 0.766. The summed E-state index contributed by atoms with van der Waals surface area (Å²) < 4.78 is 12.8. The number of hydrogen-bond acceptors (Lipinski definition) is 5. The van der Waals surface area contributed by atoms with Crippen molar-refractivity contribution in [1.29, 1.82) is 0 Å². The van der Waals surface area contributed by atoms with E-state index in [0.717, 1.165) is 6.20 Å². The molecule has 2 rings (SSSR count). The fourth-order valence-electron chi connectivity index (χ4n) is 1.99. The first-order valence-electron chi connectivity index (χ1n) is 6.22. The fourth-order valence-corrected chi connectivity index (χ4v) is 1.99. The zero-order valence-corrected chi connectivity index (χ0v) is 11.3. The van der Waals surface area contributed by atoms with E-state index in [1.165, 1.54) is 36.5 Å². The smallest absolute Gasteiger partial charge is 0.310 e. The number of likely N-dealkylation sites (N-methyl/N-ethyl adjacent to an activating group) is 1. The van der Waals surface area contributed by atoms with E-state index < -0.39 is 11.0 Å². The normalized spacial score (nSPS) is 12.0. The van der Waals surface area contributed by atoms with Gasteiger partial charge in [0.05, 0.1) is 11.0 Å². The highest BCUT2D eigenvalue weighted by molar-refractivity contribution is 5.61. The Kier molecular flexibility index (Phi) is 4.44. The van der Waals surface area contributed by atoms with Crippen LogP contribution in [0.5, 0.6) is 0 Å². The zero-order valence-electron chi connectivity index (χ0n) is 11.3. The maximum absolute atomic E-state index is 12.8. The molecule has 0 aliphatic rings. The highest BCUT2D eigenvalue weighted by atomic mass is 19.1. The van der Waals surface area contributed by atoms with Crippen LogP contribution in [0.4, 0.5) is 15.8 Å². The van der Waals surface area contributed by atoms with Crippen LogP contribution in [0.1, 0.15) is 11.7 Å². The van der Waals surface area contributed by atoms with Crippen LogP contribution in [0.25, 0.3) is 0 Å². The molecule has 0 radical (unpaired) electrons. The van der Waals surface area contributed by atoms with E-state index in [1.807, 2.05) is 0 Å². The van der Waals surface area contributed by atoms with Crippen LogP contribution in [-0.4, -0.2) is 28.6 Å². The summed E-state index contributed by atoms with van der Waals surface area (Å²) in [6, 6.07) is 6.99. The highest BCUT2D eigenvalue weighted by Crippen LogP contribution is 2.27. The van der Waals surface area contributed by atoms with E-state index in [4.69, 9.17) is 0 Å². The number of anilines is 1. The van der Waals surface area contributed by atoms with Crippen LogP contribution in [0.3, 0.4) is 0 Å². The third-order valence-electron chi connectivity index (χ3n) is 3.09. The molecule has 0 aliphatic heterocycles. The van der Waals surface area contributed by atoms with Gasteiger partial charge in [-0.3, -0.25) is 15.1 Å². The van der Waals surface area contributed by atoms with Gasteiger partial charge in [0, 0.05) is 19.8 Å². The lowest BCUT2D eigenvalue weighted by molar-refractivity contribution is -0.384. The molecule has 1 atom stereocenters. The Bertz CT molecular complexity index is 634. The van der Waals surface area contributed by atoms with Gasteiger partial charge in [0.25, 0.3) is 0 Å². The molecule has 1 heterocycles. The van der Waals surface area contributed by atoms with Crippen LogP contribution in [0.2, 0.25) is 0 Å². The lowest BCUT2D eigenvalue weighted by atomic mass is 10.1. The Hall–Kier alpha value is -2.54. The third kappa shape index (κ3) is 3.51. The second-order valence-electron chi connectivity index (χ2n) is 4.57. The summed E-state index contributed by atoms with van der Waals surface area (Å²) >= 11 is 0. The molecule has 7 heteroatoms. The number of aromatic nitrogens is 1. The van der Waals surface area contributed by atoms with E-state index in [0.29, 0.717) is 11.3 Å². The Morgan fingerprint density at radius 3 is 2.67 bits per heavy atom. The van der Waals surface area contributed by atoms with Crippen molar-refractivity contribution in [3.05, 3.63) is 64.2 Å². The van der Waals surface area contributed by atoms with Gasteiger partial charge in [-0.05, 0) is 23.8 Å². The van der Waals surface area contributed by atoms with Crippen molar-refractivity contribution < 1.29 is 14.4 Å². The molecular weight excluding hydrogens is 277 g/mol. The molecule has 0 spiro atoms. The van der Waals surface area contributed by atoms with Gasteiger partial charge >= 0.3 is 5.69 Å². The van der Waals surface area contributed by atoms with Crippen molar-refractivity contribution in [1.82, 2.24) is 4.98 Å². The first-order valence-corrected chi connectivity index (χ1v) is 6.22. The van der Waals surface area contributed by atoms with E-state index in [9.17, 15) is 19.6 Å². The number of nitro groups is 1. The van der Waals surface area contributed by atoms with Gasteiger partial charge in [-0.15, -0.1) is 0 Å². The summed E-state index contributed by atoms with van der Waals surface area (Å²) in [6.07, 6.45) is 1.72. The summed E-state index contributed by atoms with van der Waals surface area (Å²) in [5.74, 6) is -0.385. The fraction of sp³-hybridized carbons (Fsp3) is 0.214. The molecule has 21 heavy (non-hydrogen) atoms. The van der Waals surface area contributed by atoms with Crippen LogP contribution in [0.15, 0.2) is 42.7 Å². The summed E-state index contributed by atoms with van der Waals surface area (Å²) in [4.78, 5) is 15.7. The third-order valence-corrected chi connectivity index (χ3v) is 3.09. The predicted octanol–water partition coefficient (Wildman–Crippen LogP) is 2.30. The average molecular weight is 291 g/mol. The maximum Gasteiger partial charge on any atom is 0.310 e. The number of nitrogens with zero attached hydrogens (tertiary/aromatic N) is 3. The first-order chi connectivity index (χ1) is 9.99. The van der Waals surface area contributed by atoms with E-state index in [-0.39, 0.29) is 18.0 Å². The van der Waals surface area contributed by atoms with Gasteiger partial charge in [-0.25, -0.2) is 4.39 Å². The van der Waals surface area contributed by atoms with Crippen molar-refractivity contribution in [3.63, 3.8) is 0 Å². The largest absolute Gasteiger partial charge is 0.387 e. The molecule has 1 N–H and O–H groups in total. The average Bonchev–Trinajstić information content (AvgIpc) is 2.47. The highest BCUT2D eigenvalue weighted by Gasteiger charge is 2.19. The lowest BCUT2D eigenvalue weighted by Gasteiger charge is -2.22. The second-order valence-corrected chi connectivity index (χ2v) is 4.57. The molecule has 110 valence electrons. The Morgan fingerprint density at radius 2 is 2.05 bits per heavy atom. The molecule has 2 aromatic rings. The molecular formula is C14H14FN3O3. The van der Waals surface area contributed by atoms with Crippen LogP contribution >= 0.6 is 0 Å². The van der Waals surface area contributed by atoms with Crippen molar-refractivity contribution in [2.75, 3.05) is 18.5 Å². The SMILES string of the molecule is CN(C[C@@H](O)c1ccc(F)cc1)c1ccncc1[N+](=O)[O-]. The van der Waals surface area contributed by atoms with Crippen molar-refractivity contribution in [2.45, 2.75) is 6.10 Å². The molecule has 1 aromatic heterocycles. The Balaban J connectivity index is 2.16. The minimum atomic E-state index is -0.886. The monoisotopic (exact) mass is 291 g/mol. The molecule has 1 aromatic carbocycles. The summed E-state index contributed by atoms with van der Waals surface area (Å²) in [6.45, 7) is 0.135. The zero-order chi connectivity index (χ0) is 15.4. The molecule has 6 nitrogen and oxygen atoms in total. The van der Waals surface area contributed by atoms with Gasteiger partial charge in [0.15, 0.2) is 0 Å². The maximum atomic E-state index is 12.8. The van der Waals surface area contributed by atoms with Crippen LogP contribution in [0, 0.1) is 15.9 Å². The number of benzene rings is 1. The minimum Gasteiger partial charge on any atom is -0.387 e. The lowest BCUT2D eigenvalue weighted by Crippen LogP contribution is -2.25.